The van der Waals surface area contributed by atoms with Gasteiger partial charge in [0.25, 0.3) is 0 Å². The fraction of sp³-hybridized carbons (Fsp3) is 0.409. The lowest BCUT2D eigenvalue weighted by Gasteiger charge is -2.33. The molecule has 0 aromatic heterocycles. The Bertz CT molecular complexity index is 926. The third-order valence-corrected chi connectivity index (χ3v) is 8.00. The highest BCUT2D eigenvalue weighted by Gasteiger charge is 2.33. The molecule has 1 saturated heterocycles. The van der Waals surface area contributed by atoms with Gasteiger partial charge in [-0.05, 0) is 37.0 Å². The summed E-state index contributed by atoms with van der Waals surface area (Å²) in [5.74, 6) is -0.0185. The molecule has 1 fully saturated rings. The highest BCUT2D eigenvalue weighted by Crippen LogP contribution is 2.26. The summed E-state index contributed by atoms with van der Waals surface area (Å²) in [5, 5.41) is 0. The molecule has 156 valence electrons. The van der Waals surface area contributed by atoms with Gasteiger partial charge in [-0.3, -0.25) is 4.79 Å². The van der Waals surface area contributed by atoms with Crippen molar-refractivity contribution in [2.24, 2.45) is 5.92 Å². The Balaban J connectivity index is 1.59. The van der Waals surface area contributed by atoms with Gasteiger partial charge in [0, 0.05) is 36.6 Å². The van der Waals surface area contributed by atoms with Gasteiger partial charge < -0.3 is 4.90 Å². The van der Waals surface area contributed by atoms with E-state index in [4.69, 9.17) is 0 Å². The van der Waals surface area contributed by atoms with E-state index in [-0.39, 0.29) is 17.6 Å². The number of carbonyl (C=O) groups excluding carboxylic acids is 1. The van der Waals surface area contributed by atoms with Gasteiger partial charge in [-0.2, -0.15) is 0 Å². The molecule has 2 aromatic carbocycles. The molecule has 0 atom stereocenters. The Hall–Kier alpha value is -1.70. The number of benzene rings is 2. The molecule has 5 nitrogen and oxygen atoms in total. The standard InChI is InChI=1S/C22H27BrN2O3S/c1-2-24(16-18-8-4-3-5-9-18)22(26)19-12-14-25(15-13-19)29(27,28)17-20-10-6-7-11-21(20)23/h3-11,19H,2,12-17H2,1H3. The average Bonchev–Trinajstić information content (AvgIpc) is 2.74. The molecule has 3 rings (SSSR count). The van der Waals surface area contributed by atoms with Crippen LogP contribution in [0.5, 0.6) is 0 Å². The van der Waals surface area contributed by atoms with Crippen molar-refractivity contribution in [2.45, 2.75) is 32.1 Å². The molecule has 2 aromatic rings. The number of hydrogen-bond donors (Lipinski definition) is 0. The van der Waals surface area contributed by atoms with E-state index in [1.807, 2.05) is 66.4 Å². The Morgan fingerprint density at radius 2 is 1.69 bits per heavy atom. The summed E-state index contributed by atoms with van der Waals surface area (Å²) in [7, 11) is -3.40. The lowest BCUT2D eigenvalue weighted by Crippen LogP contribution is -2.44. The third-order valence-electron chi connectivity index (χ3n) is 5.40. The predicted octanol–water partition coefficient (Wildman–Crippen LogP) is 4.04. The molecule has 0 aliphatic carbocycles. The van der Waals surface area contributed by atoms with E-state index < -0.39 is 10.0 Å². The van der Waals surface area contributed by atoms with Gasteiger partial charge in [0.05, 0.1) is 5.75 Å². The first-order valence-corrected chi connectivity index (χ1v) is 12.3. The number of halogens is 1. The highest BCUT2D eigenvalue weighted by atomic mass is 79.9. The number of nitrogens with zero attached hydrogens (tertiary/aromatic N) is 2. The normalized spacial score (nSPS) is 15.9. The van der Waals surface area contributed by atoms with Gasteiger partial charge >= 0.3 is 0 Å². The Morgan fingerprint density at radius 1 is 1.07 bits per heavy atom. The van der Waals surface area contributed by atoms with Crippen LogP contribution in [0.2, 0.25) is 0 Å². The molecule has 0 spiro atoms. The summed E-state index contributed by atoms with van der Waals surface area (Å²) in [6, 6.07) is 17.3. The number of amides is 1. The van der Waals surface area contributed by atoms with Gasteiger partial charge in [0.15, 0.2) is 0 Å². The van der Waals surface area contributed by atoms with Crippen LogP contribution >= 0.6 is 15.9 Å². The van der Waals surface area contributed by atoms with Gasteiger partial charge in [-0.1, -0.05) is 64.5 Å². The summed E-state index contributed by atoms with van der Waals surface area (Å²) in [6.07, 6.45) is 1.14. The van der Waals surface area contributed by atoms with E-state index in [2.05, 4.69) is 15.9 Å². The van der Waals surface area contributed by atoms with Crippen molar-refractivity contribution in [3.05, 3.63) is 70.2 Å². The van der Waals surface area contributed by atoms with E-state index in [9.17, 15) is 13.2 Å². The van der Waals surface area contributed by atoms with E-state index in [1.165, 1.54) is 4.31 Å². The van der Waals surface area contributed by atoms with Crippen LogP contribution in [0.4, 0.5) is 0 Å². The Labute approximate surface area is 181 Å². The van der Waals surface area contributed by atoms with E-state index in [0.717, 1.165) is 15.6 Å². The molecule has 0 N–H and O–H groups in total. The number of carbonyl (C=O) groups is 1. The zero-order valence-corrected chi connectivity index (χ0v) is 19.0. The SMILES string of the molecule is CCN(Cc1ccccc1)C(=O)C1CCN(S(=O)(=O)Cc2ccccc2Br)CC1. The predicted molar refractivity (Wildman–Crippen MR) is 119 cm³/mol. The summed E-state index contributed by atoms with van der Waals surface area (Å²) in [4.78, 5) is 14.8. The minimum Gasteiger partial charge on any atom is -0.338 e. The molecule has 1 amide bonds. The molecular weight excluding hydrogens is 452 g/mol. The largest absolute Gasteiger partial charge is 0.338 e. The topological polar surface area (TPSA) is 57.7 Å². The van der Waals surface area contributed by atoms with Crippen molar-refractivity contribution in [3.8, 4) is 0 Å². The van der Waals surface area contributed by atoms with E-state index >= 15 is 0 Å². The maximum atomic E-state index is 13.0. The van der Waals surface area contributed by atoms with Crippen LogP contribution in [0.25, 0.3) is 0 Å². The summed E-state index contributed by atoms with van der Waals surface area (Å²) in [6.45, 7) is 4.02. The first kappa shape index (κ1) is 22.0. The second kappa shape index (κ2) is 9.87. The summed E-state index contributed by atoms with van der Waals surface area (Å²) in [5.41, 5.74) is 1.86. The monoisotopic (exact) mass is 478 g/mol. The van der Waals surface area contributed by atoms with Crippen LogP contribution in [-0.2, 0) is 27.1 Å². The van der Waals surface area contributed by atoms with Crippen LogP contribution in [0.1, 0.15) is 30.9 Å². The number of rotatable bonds is 7. The lowest BCUT2D eigenvalue weighted by atomic mass is 9.96. The molecule has 29 heavy (non-hydrogen) atoms. The minimum atomic E-state index is -3.40. The number of piperidine rings is 1. The zero-order valence-electron chi connectivity index (χ0n) is 16.6. The zero-order chi connectivity index (χ0) is 20.9. The first-order valence-electron chi connectivity index (χ1n) is 9.94. The van der Waals surface area contributed by atoms with Crippen LogP contribution < -0.4 is 0 Å². The maximum Gasteiger partial charge on any atom is 0.226 e. The second-order valence-corrected chi connectivity index (χ2v) is 10.2. The first-order chi connectivity index (χ1) is 13.9. The van der Waals surface area contributed by atoms with Crippen LogP contribution in [0.15, 0.2) is 59.1 Å². The molecule has 0 saturated carbocycles. The van der Waals surface area contributed by atoms with Crippen molar-refractivity contribution in [1.29, 1.82) is 0 Å². The number of hydrogen-bond acceptors (Lipinski definition) is 3. The van der Waals surface area contributed by atoms with E-state index in [0.29, 0.717) is 39.0 Å². The quantitative estimate of drug-likeness (QED) is 0.603. The Kier molecular flexibility index (Phi) is 7.49. The van der Waals surface area contributed by atoms with Crippen molar-refractivity contribution in [1.82, 2.24) is 9.21 Å². The van der Waals surface area contributed by atoms with Crippen LogP contribution in [-0.4, -0.2) is 43.2 Å². The third kappa shape index (κ3) is 5.68. The maximum absolute atomic E-state index is 13.0. The van der Waals surface area contributed by atoms with Gasteiger partial charge in [-0.25, -0.2) is 12.7 Å². The molecule has 7 heteroatoms. The summed E-state index contributed by atoms with van der Waals surface area (Å²) < 4.78 is 28.0. The summed E-state index contributed by atoms with van der Waals surface area (Å²) >= 11 is 3.42. The molecule has 0 unspecified atom stereocenters. The average molecular weight is 479 g/mol. The molecule has 0 bridgehead atoms. The van der Waals surface area contributed by atoms with Gasteiger partial charge in [-0.15, -0.1) is 0 Å². The lowest BCUT2D eigenvalue weighted by molar-refractivity contribution is -0.137. The fourth-order valence-corrected chi connectivity index (χ4v) is 5.90. The fourth-order valence-electron chi connectivity index (χ4n) is 3.69. The smallest absolute Gasteiger partial charge is 0.226 e. The highest BCUT2D eigenvalue weighted by molar-refractivity contribution is 9.10. The second-order valence-electron chi connectivity index (χ2n) is 7.36. The molecular formula is C22H27BrN2O3S. The minimum absolute atomic E-state index is 0.0257. The van der Waals surface area contributed by atoms with Crippen molar-refractivity contribution < 1.29 is 13.2 Å². The van der Waals surface area contributed by atoms with Crippen LogP contribution in [0, 0.1) is 5.92 Å². The van der Waals surface area contributed by atoms with E-state index in [1.54, 1.807) is 0 Å². The number of sulfonamides is 1. The molecule has 1 aliphatic rings. The molecule has 1 heterocycles. The van der Waals surface area contributed by atoms with Gasteiger partial charge in [0.2, 0.25) is 15.9 Å². The van der Waals surface area contributed by atoms with Crippen LogP contribution in [0.3, 0.4) is 0 Å². The van der Waals surface area contributed by atoms with Crippen molar-refractivity contribution >= 4 is 31.9 Å². The van der Waals surface area contributed by atoms with Crippen molar-refractivity contribution in [2.75, 3.05) is 19.6 Å². The molecule has 0 radical (unpaired) electrons. The Morgan fingerprint density at radius 3 is 2.31 bits per heavy atom. The van der Waals surface area contributed by atoms with Gasteiger partial charge in [0.1, 0.15) is 0 Å². The molecule has 1 aliphatic heterocycles. The van der Waals surface area contributed by atoms with Crippen molar-refractivity contribution in [3.63, 3.8) is 0 Å².